The van der Waals surface area contributed by atoms with Crippen molar-refractivity contribution < 1.29 is 9.90 Å². The van der Waals surface area contributed by atoms with Crippen molar-refractivity contribution in [2.45, 2.75) is 33.1 Å². The third-order valence-electron chi connectivity index (χ3n) is 3.55. The van der Waals surface area contributed by atoms with Crippen LogP contribution < -0.4 is 0 Å². The summed E-state index contributed by atoms with van der Waals surface area (Å²) in [7, 11) is 1.82. The molecule has 0 fully saturated rings. The maximum Gasteiger partial charge on any atom is 0.352 e. The third kappa shape index (κ3) is 1.80. The fourth-order valence-electron chi connectivity index (χ4n) is 2.53. The summed E-state index contributed by atoms with van der Waals surface area (Å²) in [6.07, 6.45) is 0.737. The van der Waals surface area contributed by atoms with Gasteiger partial charge >= 0.3 is 5.97 Å². The summed E-state index contributed by atoms with van der Waals surface area (Å²) in [4.78, 5) is 11.4. The largest absolute Gasteiger partial charge is 0.477 e. The lowest BCUT2D eigenvalue weighted by atomic mass is 9.99. The van der Waals surface area contributed by atoms with Crippen molar-refractivity contribution in [3.05, 3.63) is 35.0 Å². The molecule has 1 aromatic heterocycles. The monoisotopic (exact) mass is 245 g/mol. The molecule has 1 heterocycles. The second-order valence-electron chi connectivity index (χ2n) is 4.98. The van der Waals surface area contributed by atoms with Gasteiger partial charge in [0.2, 0.25) is 0 Å². The van der Waals surface area contributed by atoms with Gasteiger partial charge in [-0.3, -0.25) is 0 Å². The van der Waals surface area contributed by atoms with Crippen molar-refractivity contribution in [2.24, 2.45) is 7.05 Å². The minimum atomic E-state index is -0.850. The van der Waals surface area contributed by atoms with E-state index in [1.165, 1.54) is 5.56 Å². The number of hydrogen-bond acceptors (Lipinski definition) is 1. The quantitative estimate of drug-likeness (QED) is 0.898. The third-order valence-corrected chi connectivity index (χ3v) is 3.55. The summed E-state index contributed by atoms with van der Waals surface area (Å²) in [6, 6.07) is 6.24. The Hall–Kier alpha value is -1.77. The van der Waals surface area contributed by atoms with E-state index in [4.69, 9.17) is 0 Å². The lowest BCUT2D eigenvalue weighted by molar-refractivity contribution is 0.0686. The van der Waals surface area contributed by atoms with E-state index in [9.17, 15) is 9.90 Å². The lowest BCUT2D eigenvalue weighted by Gasteiger charge is -2.06. The van der Waals surface area contributed by atoms with Gasteiger partial charge in [-0.15, -0.1) is 0 Å². The molecule has 96 valence electrons. The molecular weight excluding hydrogens is 226 g/mol. The smallest absolute Gasteiger partial charge is 0.352 e. The fraction of sp³-hybridized carbons (Fsp3) is 0.400. The first-order valence-electron chi connectivity index (χ1n) is 6.31. The first kappa shape index (κ1) is 12.7. The van der Waals surface area contributed by atoms with E-state index in [2.05, 4.69) is 26.0 Å². The maximum atomic E-state index is 11.4. The van der Waals surface area contributed by atoms with Crippen LogP contribution in [-0.2, 0) is 13.5 Å². The number of benzene rings is 1. The van der Waals surface area contributed by atoms with E-state index in [1.807, 2.05) is 20.0 Å². The SMILES string of the molecule is CCc1c(C(=O)O)n(C)c2ccc(C(C)C)cc12. The van der Waals surface area contributed by atoms with Crippen LogP contribution in [-0.4, -0.2) is 15.6 Å². The Kier molecular flexibility index (Phi) is 3.16. The highest BCUT2D eigenvalue weighted by atomic mass is 16.4. The van der Waals surface area contributed by atoms with Gasteiger partial charge in [-0.05, 0) is 35.6 Å². The molecule has 0 amide bonds. The van der Waals surface area contributed by atoms with E-state index >= 15 is 0 Å². The standard InChI is InChI=1S/C15H19NO2/c1-5-11-12-8-10(9(2)3)6-7-13(12)16(4)14(11)15(17)18/h6-9H,5H2,1-4H3,(H,17,18). The van der Waals surface area contributed by atoms with E-state index in [0.29, 0.717) is 11.6 Å². The van der Waals surface area contributed by atoms with Gasteiger partial charge in [0.15, 0.2) is 0 Å². The number of aryl methyl sites for hydroxylation is 2. The first-order valence-corrected chi connectivity index (χ1v) is 6.31. The molecule has 0 bridgehead atoms. The van der Waals surface area contributed by atoms with Crippen LogP contribution in [0.5, 0.6) is 0 Å². The van der Waals surface area contributed by atoms with Gasteiger partial charge in [-0.25, -0.2) is 4.79 Å². The van der Waals surface area contributed by atoms with Gasteiger partial charge < -0.3 is 9.67 Å². The minimum Gasteiger partial charge on any atom is -0.477 e. The van der Waals surface area contributed by atoms with Crippen LogP contribution in [0.25, 0.3) is 10.9 Å². The van der Waals surface area contributed by atoms with Crippen molar-refractivity contribution in [3.63, 3.8) is 0 Å². The van der Waals surface area contributed by atoms with Crippen LogP contribution >= 0.6 is 0 Å². The van der Waals surface area contributed by atoms with Gasteiger partial charge in [0, 0.05) is 18.0 Å². The van der Waals surface area contributed by atoms with Crippen LogP contribution in [0.4, 0.5) is 0 Å². The number of aromatic nitrogens is 1. The van der Waals surface area contributed by atoms with Crippen molar-refractivity contribution >= 4 is 16.9 Å². The number of aromatic carboxylic acids is 1. The van der Waals surface area contributed by atoms with Crippen LogP contribution in [0.15, 0.2) is 18.2 Å². The zero-order valence-corrected chi connectivity index (χ0v) is 11.3. The van der Waals surface area contributed by atoms with Crippen molar-refractivity contribution in [1.82, 2.24) is 4.57 Å². The van der Waals surface area contributed by atoms with E-state index in [-0.39, 0.29) is 0 Å². The Balaban J connectivity index is 2.82. The molecule has 0 unspecified atom stereocenters. The molecular formula is C15H19NO2. The summed E-state index contributed by atoms with van der Waals surface area (Å²) in [5.41, 5.74) is 3.59. The zero-order valence-electron chi connectivity index (χ0n) is 11.3. The molecule has 1 aromatic carbocycles. The Bertz CT molecular complexity index is 608. The first-order chi connectivity index (χ1) is 8.47. The molecule has 0 spiro atoms. The van der Waals surface area contributed by atoms with Gasteiger partial charge in [0.1, 0.15) is 5.69 Å². The van der Waals surface area contributed by atoms with Crippen LogP contribution in [0.1, 0.15) is 48.3 Å². The summed E-state index contributed by atoms with van der Waals surface area (Å²) in [5, 5.41) is 10.4. The molecule has 0 atom stereocenters. The van der Waals surface area contributed by atoms with Gasteiger partial charge in [-0.2, -0.15) is 0 Å². The average Bonchev–Trinajstić information content (AvgIpc) is 2.61. The number of nitrogens with zero attached hydrogens (tertiary/aromatic N) is 1. The molecule has 0 saturated carbocycles. The predicted octanol–water partition coefficient (Wildman–Crippen LogP) is 3.56. The number of carbonyl (C=O) groups is 1. The van der Waals surface area contributed by atoms with Crippen LogP contribution in [0.2, 0.25) is 0 Å². The number of fused-ring (bicyclic) bond motifs is 1. The van der Waals surface area contributed by atoms with Crippen molar-refractivity contribution in [1.29, 1.82) is 0 Å². The highest BCUT2D eigenvalue weighted by Crippen LogP contribution is 2.29. The molecule has 1 N–H and O–H groups in total. The number of carboxylic acids is 1. The molecule has 0 saturated heterocycles. The number of rotatable bonds is 3. The second kappa shape index (κ2) is 4.48. The normalized spacial score (nSPS) is 11.4. The Morgan fingerprint density at radius 2 is 2.06 bits per heavy atom. The molecule has 3 heteroatoms. The molecule has 0 aliphatic rings. The minimum absolute atomic E-state index is 0.411. The summed E-state index contributed by atoms with van der Waals surface area (Å²) in [5.74, 6) is -0.399. The Morgan fingerprint density at radius 1 is 1.39 bits per heavy atom. The number of carboxylic acid groups (broad SMARTS) is 1. The van der Waals surface area contributed by atoms with E-state index in [1.54, 1.807) is 4.57 Å². The van der Waals surface area contributed by atoms with Crippen LogP contribution in [0.3, 0.4) is 0 Å². The van der Waals surface area contributed by atoms with E-state index in [0.717, 1.165) is 22.9 Å². The molecule has 0 aliphatic heterocycles. The predicted molar refractivity (Wildman–Crippen MR) is 73.3 cm³/mol. The summed E-state index contributed by atoms with van der Waals surface area (Å²) >= 11 is 0. The molecule has 2 rings (SSSR count). The second-order valence-corrected chi connectivity index (χ2v) is 4.98. The maximum absolute atomic E-state index is 11.4. The topological polar surface area (TPSA) is 42.2 Å². The van der Waals surface area contributed by atoms with Gasteiger partial charge in [0.25, 0.3) is 0 Å². The molecule has 0 aliphatic carbocycles. The fourth-order valence-corrected chi connectivity index (χ4v) is 2.53. The van der Waals surface area contributed by atoms with Crippen molar-refractivity contribution in [3.8, 4) is 0 Å². The van der Waals surface area contributed by atoms with Gasteiger partial charge in [-0.1, -0.05) is 26.8 Å². The zero-order chi connectivity index (χ0) is 13.4. The Labute approximate surface area is 107 Å². The van der Waals surface area contributed by atoms with Crippen LogP contribution in [0, 0.1) is 0 Å². The Morgan fingerprint density at radius 3 is 2.56 bits per heavy atom. The molecule has 3 nitrogen and oxygen atoms in total. The average molecular weight is 245 g/mol. The van der Waals surface area contributed by atoms with Gasteiger partial charge in [0.05, 0.1) is 0 Å². The number of hydrogen-bond donors (Lipinski definition) is 1. The van der Waals surface area contributed by atoms with E-state index < -0.39 is 5.97 Å². The summed E-state index contributed by atoms with van der Waals surface area (Å²) in [6.45, 7) is 6.30. The lowest BCUT2D eigenvalue weighted by Crippen LogP contribution is -2.06. The molecule has 18 heavy (non-hydrogen) atoms. The molecule has 0 radical (unpaired) electrons. The highest BCUT2D eigenvalue weighted by molar-refractivity contribution is 5.98. The molecule has 2 aromatic rings. The summed E-state index contributed by atoms with van der Waals surface area (Å²) < 4.78 is 1.78. The highest BCUT2D eigenvalue weighted by Gasteiger charge is 2.19. The van der Waals surface area contributed by atoms with Crippen molar-refractivity contribution in [2.75, 3.05) is 0 Å².